The van der Waals surface area contributed by atoms with Crippen molar-refractivity contribution in [3.8, 4) is 0 Å². The van der Waals surface area contributed by atoms with Crippen LogP contribution in [-0.2, 0) is 14.3 Å². The first-order chi connectivity index (χ1) is 12.8. The highest BCUT2D eigenvalue weighted by Crippen LogP contribution is 2.39. The third-order valence-corrected chi connectivity index (χ3v) is 4.36. The minimum absolute atomic E-state index is 0.0384. The summed E-state index contributed by atoms with van der Waals surface area (Å²) in [5, 5.41) is 23.8. The average molecular weight is 374 g/mol. The SMILES string of the molecule is CCCCOC(=O)C1=C(C)NC(C)=C(C(=O)O)C1c1cccc([N+](=O)[O-])c1. The van der Waals surface area contributed by atoms with Crippen LogP contribution in [-0.4, -0.2) is 28.6 Å². The topological polar surface area (TPSA) is 119 Å². The molecule has 1 unspecified atom stereocenters. The number of carboxylic acids is 1. The largest absolute Gasteiger partial charge is 0.478 e. The quantitative estimate of drug-likeness (QED) is 0.325. The molecule has 0 saturated heterocycles. The predicted molar refractivity (Wildman–Crippen MR) is 97.9 cm³/mol. The summed E-state index contributed by atoms with van der Waals surface area (Å²) in [6.45, 7) is 5.43. The maximum atomic E-state index is 12.7. The van der Waals surface area contributed by atoms with Crippen LogP contribution >= 0.6 is 0 Å². The molecule has 1 aromatic rings. The Bertz CT molecular complexity index is 840. The van der Waals surface area contributed by atoms with Crippen LogP contribution in [0.3, 0.4) is 0 Å². The van der Waals surface area contributed by atoms with E-state index in [9.17, 15) is 24.8 Å². The van der Waals surface area contributed by atoms with E-state index in [2.05, 4.69) is 5.32 Å². The number of nitrogens with zero attached hydrogens (tertiary/aromatic N) is 1. The maximum absolute atomic E-state index is 12.7. The summed E-state index contributed by atoms with van der Waals surface area (Å²) in [6.07, 6.45) is 1.53. The van der Waals surface area contributed by atoms with Crippen LogP contribution in [0.25, 0.3) is 0 Å². The van der Waals surface area contributed by atoms with Gasteiger partial charge in [-0.1, -0.05) is 25.5 Å². The number of carbonyl (C=O) groups excluding carboxylic acids is 1. The third kappa shape index (κ3) is 4.33. The number of allylic oxidation sites excluding steroid dienone is 2. The zero-order valence-electron chi connectivity index (χ0n) is 15.4. The number of benzene rings is 1. The fourth-order valence-corrected chi connectivity index (χ4v) is 3.09. The summed E-state index contributed by atoms with van der Waals surface area (Å²) in [4.78, 5) is 35.2. The zero-order chi connectivity index (χ0) is 20.1. The Balaban J connectivity index is 2.57. The van der Waals surface area contributed by atoms with Crippen molar-refractivity contribution >= 4 is 17.6 Å². The number of hydrogen-bond acceptors (Lipinski definition) is 6. The number of nitro groups is 1. The lowest BCUT2D eigenvalue weighted by Gasteiger charge is -2.29. The molecule has 1 atom stereocenters. The maximum Gasteiger partial charge on any atom is 0.336 e. The fourth-order valence-electron chi connectivity index (χ4n) is 3.09. The molecule has 1 aliphatic heterocycles. The molecular weight excluding hydrogens is 352 g/mol. The van der Waals surface area contributed by atoms with Crippen molar-refractivity contribution in [3.63, 3.8) is 0 Å². The number of aliphatic carboxylic acids is 1. The first-order valence-corrected chi connectivity index (χ1v) is 8.61. The second kappa shape index (κ2) is 8.48. The summed E-state index contributed by atoms with van der Waals surface area (Å²) < 4.78 is 5.30. The minimum atomic E-state index is -1.21. The molecule has 27 heavy (non-hydrogen) atoms. The first-order valence-electron chi connectivity index (χ1n) is 8.61. The fraction of sp³-hybridized carbons (Fsp3) is 0.368. The molecule has 0 fully saturated rings. The van der Waals surface area contributed by atoms with Gasteiger partial charge in [0.05, 0.1) is 28.6 Å². The van der Waals surface area contributed by atoms with E-state index in [0.717, 1.165) is 6.42 Å². The summed E-state index contributed by atoms with van der Waals surface area (Å²) >= 11 is 0. The molecule has 144 valence electrons. The molecule has 2 N–H and O–H groups in total. The van der Waals surface area contributed by atoms with Crippen LogP contribution in [0.5, 0.6) is 0 Å². The monoisotopic (exact) mass is 374 g/mol. The second-order valence-electron chi connectivity index (χ2n) is 6.28. The Morgan fingerprint density at radius 3 is 2.52 bits per heavy atom. The van der Waals surface area contributed by atoms with Gasteiger partial charge in [-0.15, -0.1) is 0 Å². The molecule has 8 heteroatoms. The zero-order valence-corrected chi connectivity index (χ0v) is 15.4. The Kier molecular flexibility index (Phi) is 6.33. The molecule has 1 aromatic carbocycles. The van der Waals surface area contributed by atoms with Gasteiger partial charge in [0.2, 0.25) is 0 Å². The van der Waals surface area contributed by atoms with Crippen LogP contribution in [0.1, 0.15) is 45.1 Å². The number of ether oxygens (including phenoxy) is 1. The second-order valence-corrected chi connectivity index (χ2v) is 6.28. The van der Waals surface area contributed by atoms with Crippen LogP contribution in [0.15, 0.2) is 46.8 Å². The van der Waals surface area contributed by atoms with Gasteiger partial charge in [0, 0.05) is 23.5 Å². The van der Waals surface area contributed by atoms with Crippen LogP contribution in [0.2, 0.25) is 0 Å². The van der Waals surface area contributed by atoms with Gasteiger partial charge in [-0.05, 0) is 25.8 Å². The molecule has 2 rings (SSSR count). The van der Waals surface area contributed by atoms with E-state index in [4.69, 9.17) is 4.74 Å². The van der Waals surface area contributed by atoms with Crippen LogP contribution < -0.4 is 5.32 Å². The standard InChI is InChI=1S/C19H22N2O6/c1-4-5-9-27-19(24)16-12(3)20-11(2)15(18(22)23)17(16)13-7-6-8-14(10-13)21(25)26/h6-8,10,17,20H,4-5,9H2,1-3H3,(H,22,23). The van der Waals surface area contributed by atoms with Crippen molar-refractivity contribution in [3.05, 3.63) is 62.5 Å². The normalized spacial score (nSPS) is 16.8. The van der Waals surface area contributed by atoms with Gasteiger partial charge in [-0.2, -0.15) is 0 Å². The van der Waals surface area contributed by atoms with Crippen LogP contribution in [0, 0.1) is 10.1 Å². The number of esters is 1. The van der Waals surface area contributed by atoms with Crippen molar-refractivity contribution in [2.75, 3.05) is 6.61 Å². The number of nitrogens with one attached hydrogen (secondary N) is 1. The Hall–Kier alpha value is -3.16. The van der Waals surface area contributed by atoms with E-state index >= 15 is 0 Å². The average Bonchev–Trinajstić information content (AvgIpc) is 2.60. The van der Waals surface area contributed by atoms with Crippen molar-refractivity contribution in [1.29, 1.82) is 0 Å². The van der Waals surface area contributed by atoms with Crippen molar-refractivity contribution in [1.82, 2.24) is 5.32 Å². The molecule has 0 aliphatic carbocycles. The number of dihydropyridines is 1. The number of unbranched alkanes of at least 4 members (excludes halogenated alkanes) is 1. The third-order valence-electron chi connectivity index (χ3n) is 4.36. The number of carbonyl (C=O) groups is 2. The molecule has 8 nitrogen and oxygen atoms in total. The number of rotatable bonds is 7. The number of non-ortho nitro benzene ring substituents is 1. The summed E-state index contributed by atoms with van der Waals surface area (Å²) in [5.41, 5.74) is 1.13. The van der Waals surface area contributed by atoms with Gasteiger partial charge >= 0.3 is 11.9 Å². The first kappa shape index (κ1) is 20.2. The van der Waals surface area contributed by atoms with E-state index in [1.165, 1.54) is 18.2 Å². The summed E-state index contributed by atoms with van der Waals surface area (Å²) in [5.74, 6) is -2.79. The van der Waals surface area contributed by atoms with Crippen molar-refractivity contribution < 1.29 is 24.4 Å². The lowest BCUT2D eigenvalue weighted by atomic mass is 9.80. The lowest BCUT2D eigenvalue weighted by Crippen LogP contribution is -2.32. The lowest BCUT2D eigenvalue weighted by molar-refractivity contribution is -0.384. The highest BCUT2D eigenvalue weighted by molar-refractivity contribution is 5.99. The Morgan fingerprint density at radius 1 is 1.26 bits per heavy atom. The number of nitro benzene ring substituents is 1. The molecule has 0 amide bonds. The van der Waals surface area contributed by atoms with E-state index < -0.39 is 22.8 Å². The number of carboxylic acid groups (broad SMARTS) is 1. The number of hydrogen-bond donors (Lipinski definition) is 2. The Labute approximate surface area is 156 Å². The molecule has 1 heterocycles. The predicted octanol–water partition coefficient (Wildman–Crippen LogP) is 3.26. The molecule has 1 aliphatic rings. The molecule has 0 saturated carbocycles. The minimum Gasteiger partial charge on any atom is -0.478 e. The van der Waals surface area contributed by atoms with Gasteiger partial charge in [0.25, 0.3) is 5.69 Å². The molecule has 0 spiro atoms. The van der Waals surface area contributed by atoms with Crippen molar-refractivity contribution in [2.45, 2.75) is 39.5 Å². The van der Waals surface area contributed by atoms with Gasteiger partial charge in [0.1, 0.15) is 0 Å². The van der Waals surface area contributed by atoms with Gasteiger partial charge in [-0.3, -0.25) is 10.1 Å². The van der Waals surface area contributed by atoms with E-state index in [-0.39, 0.29) is 23.4 Å². The van der Waals surface area contributed by atoms with E-state index in [0.29, 0.717) is 23.4 Å². The van der Waals surface area contributed by atoms with Gasteiger partial charge in [0.15, 0.2) is 0 Å². The highest BCUT2D eigenvalue weighted by atomic mass is 16.6. The molecule has 0 bridgehead atoms. The van der Waals surface area contributed by atoms with Crippen molar-refractivity contribution in [2.24, 2.45) is 0 Å². The van der Waals surface area contributed by atoms with Gasteiger partial charge in [-0.25, -0.2) is 9.59 Å². The molecule has 0 radical (unpaired) electrons. The van der Waals surface area contributed by atoms with Crippen LogP contribution in [0.4, 0.5) is 5.69 Å². The van der Waals surface area contributed by atoms with Gasteiger partial charge < -0.3 is 15.2 Å². The highest BCUT2D eigenvalue weighted by Gasteiger charge is 2.37. The molecule has 0 aromatic heterocycles. The smallest absolute Gasteiger partial charge is 0.336 e. The summed E-state index contributed by atoms with van der Waals surface area (Å²) in [7, 11) is 0. The van der Waals surface area contributed by atoms with E-state index in [1.807, 2.05) is 6.92 Å². The van der Waals surface area contributed by atoms with E-state index in [1.54, 1.807) is 19.9 Å². The summed E-state index contributed by atoms with van der Waals surface area (Å²) in [6, 6.07) is 5.65. The Morgan fingerprint density at radius 2 is 1.93 bits per heavy atom. The molecular formula is C19H22N2O6.